The molecule has 1 amide bonds. The molecule has 0 radical (unpaired) electrons. The van der Waals surface area contributed by atoms with Gasteiger partial charge in [0.1, 0.15) is 0 Å². The third-order valence-electron chi connectivity index (χ3n) is 3.99. The van der Waals surface area contributed by atoms with E-state index in [1.165, 1.54) is 18.4 Å². The molecule has 0 heterocycles. The summed E-state index contributed by atoms with van der Waals surface area (Å²) in [5.74, 6) is -0.273. The molecule has 1 saturated carbocycles. The molecule has 4 nitrogen and oxygen atoms in total. The number of carbonyl (C=O) groups excluding carboxylic acids is 1. The van der Waals surface area contributed by atoms with E-state index in [2.05, 4.69) is 51.3 Å². The van der Waals surface area contributed by atoms with Crippen molar-refractivity contribution >= 4 is 27.5 Å². The molecule has 1 aromatic rings. The van der Waals surface area contributed by atoms with Crippen molar-refractivity contribution in [2.75, 3.05) is 18.0 Å². The zero-order valence-corrected chi connectivity index (χ0v) is 14.2. The number of primary amides is 1. The monoisotopic (exact) mass is 353 g/mol. The zero-order valence-electron chi connectivity index (χ0n) is 12.6. The van der Waals surface area contributed by atoms with Gasteiger partial charge in [-0.25, -0.2) is 0 Å². The van der Waals surface area contributed by atoms with Gasteiger partial charge in [-0.05, 0) is 53.0 Å². The second-order valence-electron chi connectivity index (χ2n) is 5.60. The SMILES string of the molecule is CCNCc1ccc(N(CC(N)=O)C2CCCC2)c(Br)c1. The Balaban J connectivity index is 2.20. The van der Waals surface area contributed by atoms with Crippen LogP contribution in [0.15, 0.2) is 22.7 Å². The van der Waals surface area contributed by atoms with Gasteiger partial charge in [0.25, 0.3) is 0 Å². The van der Waals surface area contributed by atoms with Gasteiger partial charge in [-0.3, -0.25) is 4.79 Å². The topological polar surface area (TPSA) is 58.4 Å². The van der Waals surface area contributed by atoms with Crippen LogP contribution in [0, 0.1) is 0 Å². The van der Waals surface area contributed by atoms with Crippen LogP contribution >= 0.6 is 15.9 Å². The van der Waals surface area contributed by atoms with Gasteiger partial charge in [-0.2, -0.15) is 0 Å². The molecule has 0 saturated heterocycles. The summed E-state index contributed by atoms with van der Waals surface area (Å²) in [7, 11) is 0. The maximum absolute atomic E-state index is 11.4. The minimum absolute atomic E-state index is 0.273. The molecule has 1 aliphatic rings. The van der Waals surface area contributed by atoms with E-state index in [0.717, 1.165) is 36.1 Å². The van der Waals surface area contributed by atoms with E-state index >= 15 is 0 Å². The summed E-state index contributed by atoms with van der Waals surface area (Å²) >= 11 is 3.66. The van der Waals surface area contributed by atoms with Crippen molar-refractivity contribution in [1.29, 1.82) is 0 Å². The first-order valence-corrected chi connectivity index (χ1v) is 8.45. The van der Waals surface area contributed by atoms with Gasteiger partial charge in [-0.1, -0.05) is 25.8 Å². The van der Waals surface area contributed by atoms with Gasteiger partial charge in [0.2, 0.25) is 5.91 Å². The van der Waals surface area contributed by atoms with E-state index in [1.807, 2.05) is 0 Å². The summed E-state index contributed by atoms with van der Waals surface area (Å²) in [6, 6.07) is 6.76. The molecule has 21 heavy (non-hydrogen) atoms. The van der Waals surface area contributed by atoms with Crippen LogP contribution in [0.1, 0.15) is 38.2 Å². The molecular formula is C16H24BrN3O. The summed E-state index contributed by atoms with van der Waals surface area (Å²) in [5, 5.41) is 3.32. The van der Waals surface area contributed by atoms with Crippen LogP contribution < -0.4 is 16.0 Å². The Hall–Kier alpha value is -1.07. The van der Waals surface area contributed by atoms with E-state index in [0.29, 0.717) is 6.04 Å². The molecule has 0 unspecified atom stereocenters. The first-order chi connectivity index (χ1) is 10.1. The second-order valence-corrected chi connectivity index (χ2v) is 6.45. The molecule has 1 fully saturated rings. The number of halogens is 1. The standard InChI is InChI=1S/C16H24BrN3O/c1-2-19-10-12-7-8-15(14(17)9-12)20(11-16(18)21)13-5-3-4-6-13/h7-9,13,19H,2-6,10-11H2,1H3,(H2,18,21). The van der Waals surface area contributed by atoms with Gasteiger partial charge >= 0.3 is 0 Å². The molecule has 0 bridgehead atoms. The Morgan fingerprint density at radius 3 is 2.71 bits per heavy atom. The first kappa shape index (κ1) is 16.3. The second kappa shape index (κ2) is 7.80. The van der Waals surface area contributed by atoms with Crippen LogP contribution in [0.25, 0.3) is 0 Å². The van der Waals surface area contributed by atoms with E-state index < -0.39 is 0 Å². The van der Waals surface area contributed by atoms with Crippen molar-refractivity contribution in [3.05, 3.63) is 28.2 Å². The fourth-order valence-electron chi connectivity index (χ4n) is 2.96. The van der Waals surface area contributed by atoms with E-state index in [1.54, 1.807) is 0 Å². The largest absolute Gasteiger partial charge is 0.368 e. The van der Waals surface area contributed by atoms with Crippen LogP contribution in [0.3, 0.4) is 0 Å². The predicted molar refractivity (Wildman–Crippen MR) is 90.3 cm³/mol. The van der Waals surface area contributed by atoms with Crippen molar-refractivity contribution in [2.45, 2.75) is 45.2 Å². The van der Waals surface area contributed by atoms with Crippen LogP contribution in [-0.2, 0) is 11.3 Å². The van der Waals surface area contributed by atoms with Crippen molar-refractivity contribution in [3.8, 4) is 0 Å². The molecule has 3 N–H and O–H groups in total. The fourth-order valence-corrected chi connectivity index (χ4v) is 3.61. The number of amides is 1. The van der Waals surface area contributed by atoms with Crippen LogP contribution in [0.5, 0.6) is 0 Å². The minimum atomic E-state index is -0.273. The highest BCUT2D eigenvalue weighted by Gasteiger charge is 2.25. The quantitative estimate of drug-likeness (QED) is 0.792. The smallest absolute Gasteiger partial charge is 0.236 e. The lowest BCUT2D eigenvalue weighted by Crippen LogP contribution is -2.40. The number of rotatable bonds is 7. The van der Waals surface area contributed by atoms with Gasteiger partial charge in [0, 0.05) is 17.1 Å². The van der Waals surface area contributed by atoms with Gasteiger partial charge < -0.3 is 16.0 Å². The van der Waals surface area contributed by atoms with E-state index in [-0.39, 0.29) is 12.5 Å². The maximum Gasteiger partial charge on any atom is 0.236 e. The number of carbonyl (C=O) groups is 1. The Kier molecular flexibility index (Phi) is 6.06. The Morgan fingerprint density at radius 2 is 2.14 bits per heavy atom. The molecular weight excluding hydrogens is 330 g/mol. The highest BCUT2D eigenvalue weighted by molar-refractivity contribution is 9.10. The van der Waals surface area contributed by atoms with Gasteiger partial charge in [0.05, 0.1) is 12.2 Å². The average Bonchev–Trinajstić information content (AvgIpc) is 2.97. The fraction of sp³-hybridized carbons (Fsp3) is 0.562. The molecule has 116 valence electrons. The predicted octanol–water partition coefficient (Wildman–Crippen LogP) is 2.79. The summed E-state index contributed by atoms with van der Waals surface area (Å²) in [6.07, 6.45) is 4.74. The third kappa shape index (κ3) is 4.45. The number of benzene rings is 1. The Labute approximate surface area is 135 Å². The van der Waals surface area contributed by atoms with Crippen LogP contribution in [0.4, 0.5) is 5.69 Å². The van der Waals surface area contributed by atoms with E-state index in [4.69, 9.17) is 5.73 Å². The van der Waals surface area contributed by atoms with Crippen molar-refractivity contribution in [2.24, 2.45) is 5.73 Å². The van der Waals surface area contributed by atoms with Crippen molar-refractivity contribution in [1.82, 2.24) is 5.32 Å². The van der Waals surface area contributed by atoms with Crippen molar-refractivity contribution < 1.29 is 4.79 Å². The summed E-state index contributed by atoms with van der Waals surface area (Å²) in [5.41, 5.74) is 7.74. The number of nitrogens with zero attached hydrogens (tertiary/aromatic N) is 1. The lowest BCUT2D eigenvalue weighted by atomic mass is 10.1. The molecule has 5 heteroatoms. The summed E-state index contributed by atoms with van der Waals surface area (Å²) < 4.78 is 1.03. The molecule has 1 aliphatic carbocycles. The summed E-state index contributed by atoms with van der Waals surface area (Å²) in [4.78, 5) is 13.6. The van der Waals surface area contributed by atoms with Crippen LogP contribution in [-0.4, -0.2) is 25.0 Å². The molecule has 0 aliphatic heterocycles. The normalized spacial score (nSPS) is 15.3. The highest BCUT2D eigenvalue weighted by atomic mass is 79.9. The molecule has 0 spiro atoms. The third-order valence-corrected chi connectivity index (χ3v) is 4.63. The van der Waals surface area contributed by atoms with Crippen LogP contribution in [0.2, 0.25) is 0 Å². The zero-order chi connectivity index (χ0) is 15.2. The van der Waals surface area contributed by atoms with Gasteiger partial charge in [0.15, 0.2) is 0 Å². The lowest BCUT2D eigenvalue weighted by Gasteiger charge is -2.31. The average molecular weight is 354 g/mol. The lowest BCUT2D eigenvalue weighted by molar-refractivity contribution is -0.116. The molecule has 0 atom stereocenters. The maximum atomic E-state index is 11.4. The molecule has 0 aromatic heterocycles. The van der Waals surface area contributed by atoms with E-state index in [9.17, 15) is 4.79 Å². The first-order valence-electron chi connectivity index (χ1n) is 7.66. The number of nitrogens with two attached hydrogens (primary N) is 1. The summed E-state index contributed by atoms with van der Waals surface area (Å²) in [6.45, 7) is 4.19. The van der Waals surface area contributed by atoms with Crippen molar-refractivity contribution in [3.63, 3.8) is 0 Å². The molecule has 2 rings (SSSR count). The Morgan fingerprint density at radius 1 is 1.43 bits per heavy atom. The number of hydrogen-bond acceptors (Lipinski definition) is 3. The minimum Gasteiger partial charge on any atom is -0.368 e. The van der Waals surface area contributed by atoms with Gasteiger partial charge in [-0.15, -0.1) is 0 Å². The molecule has 1 aromatic carbocycles. The highest BCUT2D eigenvalue weighted by Crippen LogP contribution is 2.33. The Bertz CT molecular complexity index is 486. The number of nitrogens with one attached hydrogen (secondary N) is 1. The number of anilines is 1. The number of hydrogen-bond donors (Lipinski definition) is 2.